The summed E-state index contributed by atoms with van der Waals surface area (Å²) in [5.74, 6) is -1.50. The SMILES string of the molecule is O=C([O-])c1cc[c-]o1.[Li+].[Li+]. The second-order valence-electron chi connectivity index (χ2n) is 1.20. The fourth-order valence-electron chi connectivity index (χ4n) is 0.351. The van der Waals surface area contributed by atoms with Crippen LogP contribution in [0.25, 0.3) is 0 Å². The summed E-state index contributed by atoms with van der Waals surface area (Å²) in [6.45, 7) is 0. The van der Waals surface area contributed by atoms with E-state index in [-0.39, 0.29) is 43.5 Å². The second-order valence-corrected chi connectivity index (χ2v) is 1.20. The van der Waals surface area contributed by atoms with E-state index < -0.39 is 5.97 Å². The summed E-state index contributed by atoms with van der Waals surface area (Å²) in [6, 6.07) is 2.64. The van der Waals surface area contributed by atoms with Crippen molar-refractivity contribution in [2.75, 3.05) is 0 Å². The van der Waals surface area contributed by atoms with Crippen LogP contribution in [0.15, 0.2) is 16.5 Å². The standard InChI is InChI=1S/C5H3O3.2Li/c6-5(7)4-2-1-3-8-4;;/h1-2H,(H,6,7);;/q-1;2*+1/p-1. The number of carbonyl (C=O) groups excluding carboxylic acids is 1. The average molecular weight is 124 g/mol. The average Bonchev–Trinajstić information content (AvgIpc) is 2.12. The van der Waals surface area contributed by atoms with Gasteiger partial charge in [-0.25, -0.2) is 0 Å². The summed E-state index contributed by atoms with van der Waals surface area (Å²) in [5.41, 5.74) is 0. The zero-order valence-corrected chi connectivity index (χ0v) is 5.88. The van der Waals surface area contributed by atoms with E-state index in [9.17, 15) is 9.90 Å². The molecule has 0 atom stereocenters. The van der Waals surface area contributed by atoms with Crippen LogP contribution in [0.4, 0.5) is 0 Å². The largest absolute Gasteiger partial charge is 1.00 e. The first kappa shape index (κ1) is 12.6. The summed E-state index contributed by atoms with van der Waals surface area (Å²) in [7, 11) is 0. The molecule has 10 heavy (non-hydrogen) atoms. The van der Waals surface area contributed by atoms with E-state index in [0.717, 1.165) is 0 Å². The van der Waals surface area contributed by atoms with Gasteiger partial charge >= 0.3 is 37.7 Å². The Morgan fingerprint density at radius 3 is 2.40 bits per heavy atom. The molecule has 1 heterocycles. The molecule has 0 N–H and O–H groups in total. The molecule has 1 aromatic heterocycles. The fraction of sp³-hybridized carbons (Fsp3) is 0. The molecule has 0 spiro atoms. The van der Waals surface area contributed by atoms with Crippen LogP contribution < -0.4 is 42.8 Å². The molecule has 0 aliphatic carbocycles. The Morgan fingerprint density at radius 1 is 1.60 bits per heavy atom. The van der Waals surface area contributed by atoms with Crippen molar-refractivity contribution in [2.24, 2.45) is 0 Å². The van der Waals surface area contributed by atoms with Crippen molar-refractivity contribution in [3.63, 3.8) is 0 Å². The van der Waals surface area contributed by atoms with Crippen molar-refractivity contribution < 1.29 is 52.0 Å². The summed E-state index contributed by atoms with van der Waals surface area (Å²) in [4.78, 5) is 9.84. The summed E-state index contributed by atoms with van der Waals surface area (Å²) < 4.78 is 4.31. The van der Waals surface area contributed by atoms with Crippen molar-refractivity contribution in [2.45, 2.75) is 0 Å². The van der Waals surface area contributed by atoms with Crippen molar-refractivity contribution in [1.29, 1.82) is 0 Å². The Kier molecular flexibility index (Phi) is 7.20. The van der Waals surface area contributed by atoms with Gasteiger partial charge < -0.3 is 14.3 Å². The minimum absolute atomic E-state index is 0. The van der Waals surface area contributed by atoms with Crippen molar-refractivity contribution in [1.82, 2.24) is 0 Å². The molecule has 42 valence electrons. The summed E-state index contributed by atoms with van der Waals surface area (Å²) in [6.07, 6.45) is 2.22. The number of aromatic carboxylic acids is 1. The molecule has 1 rings (SSSR count). The maximum atomic E-state index is 9.84. The third-order valence-corrected chi connectivity index (χ3v) is 0.673. The molecule has 1 aromatic rings. The Hall–Kier alpha value is -0.0552. The van der Waals surface area contributed by atoms with Crippen LogP contribution in [-0.4, -0.2) is 5.97 Å². The number of carboxylic acid groups (broad SMARTS) is 1. The van der Waals surface area contributed by atoms with Crippen molar-refractivity contribution in [3.8, 4) is 0 Å². The Morgan fingerprint density at radius 2 is 2.20 bits per heavy atom. The molecule has 0 aromatic carbocycles. The topological polar surface area (TPSA) is 53.3 Å². The molecule has 5 heteroatoms. The predicted molar refractivity (Wildman–Crippen MR) is 21.9 cm³/mol. The van der Waals surface area contributed by atoms with Crippen molar-refractivity contribution in [3.05, 3.63) is 24.2 Å². The van der Waals surface area contributed by atoms with Crippen LogP contribution >= 0.6 is 0 Å². The smallest absolute Gasteiger partial charge is 0.590 e. The van der Waals surface area contributed by atoms with Gasteiger partial charge in [-0.15, -0.1) is 6.07 Å². The summed E-state index contributed by atoms with van der Waals surface area (Å²) in [5, 5.41) is 9.84. The second kappa shape index (κ2) is 5.71. The third-order valence-electron chi connectivity index (χ3n) is 0.673. The number of carbonyl (C=O) groups is 1. The maximum absolute atomic E-state index is 9.84. The molecule has 0 unspecified atom stereocenters. The van der Waals surface area contributed by atoms with E-state index in [4.69, 9.17) is 0 Å². The van der Waals surface area contributed by atoms with Crippen LogP contribution in [0.1, 0.15) is 10.6 Å². The number of rotatable bonds is 1. The van der Waals surface area contributed by atoms with Crippen LogP contribution in [-0.2, 0) is 0 Å². The summed E-state index contributed by atoms with van der Waals surface area (Å²) >= 11 is 0. The molecule has 0 saturated heterocycles. The van der Waals surface area contributed by atoms with Crippen molar-refractivity contribution >= 4 is 5.97 Å². The monoisotopic (exact) mass is 124 g/mol. The van der Waals surface area contributed by atoms with Gasteiger partial charge in [0.05, 0.1) is 0 Å². The fourth-order valence-corrected chi connectivity index (χ4v) is 0.351. The minimum Gasteiger partial charge on any atom is -0.590 e. The predicted octanol–water partition coefficient (Wildman–Crippen LogP) is -6.55. The molecule has 0 aliphatic rings. The normalized spacial score (nSPS) is 7.20. The van der Waals surface area contributed by atoms with E-state index in [1.165, 1.54) is 12.1 Å². The maximum Gasteiger partial charge on any atom is 1.00 e. The van der Waals surface area contributed by atoms with Crippen LogP contribution in [0.5, 0.6) is 0 Å². The number of hydrogen-bond acceptors (Lipinski definition) is 3. The van der Waals surface area contributed by atoms with Gasteiger partial charge in [-0.05, 0) is 12.0 Å². The number of carboxylic acids is 1. The zero-order valence-electron chi connectivity index (χ0n) is 5.88. The van der Waals surface area contributed by atoms with Gasteiger partial charge in [-0.3, -0.25) is 0 Å². The van der Waals surface area contributed by atoms with Gasteiger partial charge in [-0.2, -0.15) is 6.07 Å². The quantitative estimate of drug-likeness (QED) is 0.276. The van der Waals surface area contributed by atoms with Gasteiger partial charge in [0.15, 0.2) is 0 Å². The molecule has 0 bridgehead atoms. The Labute approximate surface area is 82.1 Å². The van der Waals surface area contributed by atoms with Gasteiger partial charge in [0.25, 0.3) is 0 Å². The molecule has 0 amide bonds. The van der Waals surface area contributed by atoms with E-state index >= 15 is 0 Å². The van der Waals surface area contributed by atoms with Crippen LogP contribution in [0.3, 0.4) is 0 Å². The van der Waals surface area contributed by atoms with E-state index in [0.29, 0.717) is 0 Å². The van der Waals surface area contributed by atoms with Gasteiger partial charge in [-0.1, -0.05) is 0 Å². The van der Waals surface area contributed by atoms with Gasteiger partial charge in [0, 0.05) is 5.97 Å². The van der Waals surface area contributed by atoms with Gasteiger partial charge in [0.2, 0.25) is 0 Å². The molecule has 0 radical (unpaired) electrons. The van der Waals surface area contributed by atoms with E-state index in [1.807, 2.05) is 0 Å². The Balaban J connectivity index is 0. The first-order valence-electron chi connectivity index (χ1n) is 1.98. The number of furan rings is 1. The Bertz CT molecular complexity index is 183. The first-order valence-corrected chi connectivity index (χ1v) is 1.98. The van der Waals surface area contributed by atoms with E-state index in [1.54, 1.807) is 0 Å². The van der Waals surface area contributed by atoms with Crippen LogP contribution in [0.2, 0.25) is 0 Å². The first-order chi connectivity index (χ1) is 3.80. The molecular formula is C5H2Li2O3. The molecule has 0 fully saturated rings. The molecule has 0 aliphatic heterocycles. The molecule has 0 saturated carbocycles. The molecular weight excluding hydrogens is 122 g/mol. The molecule has 3 nitrogen and oxygen atoms in total. The minimum atomic E-state index is -1.31. The third kappa shape index (κ3) is 3.20. The zero-order chi connectivity index (χ0) is 5.98. The number of hydrogen-bond donors (Lipinski definition) is 0. The van der Waals surface area contributed by atoms with Crippen LogP contribution in [0, 0.1) is 6.26 Å². The van der Waals surface area contributed by atoms with Gasteiger partial charge in [0.1, 0.15) is 0 Å². The van der Waals surface area contributed by atoms with E-state index in [2.05, 4.69) is 10.7 Å².